The highest BCUT2D eigenvalue weighted by molar-refractivity contribution is 6.04. The highest BCUT2D eigenvalue weighted by atomic mass is 16.2. The van der Waals surface area contributed by atoms with Crippen molar-refractivity contribution in [2.45, 2.75) is 45.2 Å². The van der Waals surface area contributed by atoms with Crippen LogP contribution in [0.5, 0.6) is 0 Å². The van der Waals surface area contributed by atoms with Gasteiger partial charge in [-0.3, -0.25) is 23.9 Å². The molecule has 0 atom stereocenters. The first-order valence-corrected chi connectivity index (χ1v) is 10.1. The maximum absolute atomic E-state index is 12.9. The summed E-state index contributed by atoms with van der Waals surface area (Å²) in [5, 5.41) is 5.86. The van der Waals surface area contributed by atoms with Crippen LogP contribution >= 0.6 is 0 Å². The predicted molar refractivity (Wildman–Crippen MR) is 113 cm³/mol. The fraction of sp³-hybridized carbons (Fsp3) is 0.318. The second-order valence-corrected chi connectivity index (χ2v) is 7.39. The summed E-state index contributed by atoms with van der Waals surface area (Å²) in [7, 11) is 0. The largest absolute Gasteiger partial charge is 0.352 e. The first-order chi connectivity index (χ1) is 14.6. The van der Waals surface area contributed by atoms with Gasteiger partial charge in [0.25, 0.3) is 5.56 Å². The van der Waals surface area contributed by atoms with Crippen LogP contribution in [0, 0.1) is 0 Å². The third-order valence-electron chi connectivity index (χ3n) is 5.13. The van der Waals surface area contributed by atoms with Crippen LogP contribution in [0.1, 0.15) is 37.1 Å². The van der Waals surface area contributed by atoms with Gasteiger partial charge in [-0.15, -0.1) is 0 Å². The number of fused-ring (bicyclic) bond motifs is 2. The zero-order chi connectivity index (χ0) is 20.9. The number of nitrogens with one attached hydrogen (secondary N) is 2. The van der Waals surface area contributed by atoms with Gasteiger partial charge in [0.15, 0.2) is 0 Å². The fourth-order valence-electron chi connectivity index (χ4n) is 3.61. The molecule has 0 radical (unpaired) electrons. The molecule has 0 saturated heterocycles. The maximum Gasteiger partial charge on any atom is 0.261 e. The minimum Gasteiger partial charge on any atom is -0.352 e. The molecule has 0 aliphatic carbocycles. The van der Waals surface area contributed by atoms with E-state index in [2.05, 4.69) is 20.6 Å². The van der Waals surface area contributed by atoms with Crippen LogP contribution in [0.4, 0.5) is 5.69 Å². The molecule has 3 heterocycles. The van der Waals surface area contributed by atoms with Gasteiger partial charge in [-0.25, -0.2) is 4.98 Å². The van der Waals surface area contributed by atoms with Crippen molar-refractivity contribution in [3.8, 4) is 0 Å². The zero-order valence-corrected chi connectivity index (χ0v) is 16.6. The van der Waals surface area contributed by atoms with E-state index >= 15 is 0 Å². The van der Waals surface area contributed by atoms with Crippen LogP contribution in [0.3, 0.4) is 0 Å². The Labute approximate surface area is 173 Å². The Morgan fingerprint density at radius 2 is 2.00 bits per heavy atom. The van der Waals surface area contributed by atoms with Gasteiger partial charge in [-0.2, -0.15) is 0 Å². The number of anilines is 1. The molecule has 0 unspecified atom stereocenters. The van der Waals surface area contributed by atoms with E-state index in [9.17, 15) is 14.4 Å². The number of hydrogen-bond donors (Lipinski definition) is 2. The summed E-state index contributed by atoms with van der Waals surface area (Å²) >= 11 is 0. The SMILES string of the molecule is O=C(CC(=O)Nc1ccc2nc3n(c(=O)c2c1)CCCCC3)NCc1cccnc1. The molecule has 2 amide bonds. The molecule has 0 saturated carbocycles. The maximum atomic E-state index is 12.9. The summed E-state index contributed by atoms with van der Waals surface area (Å²) in [5.74, 6) is -0.00266. The van der Waals surface area contributed by atoms with Gasteiger partial charge < -0.3 is 10.6 Å². The first-order valence-electron chi connectivity index (χ1n) is 10.1. The zero-order valence-electron chi connectivity index (χ0n) is 16.6. The Morgan fingerprint density at radius 3 is 2.83 bits per heavy atom. The highest BCUT2D eigenvalue weighted by Gasteiger charge is 2.15. The molecular weight excluding hydrogens is 382 g/mol. The van der Waals surface area contributed by atoms with Crippen molar-refractivity contribution in [2.75, 3.05) is 5.32 Å². The number of aryl methyl sites for hydroxylation is 1. The highest BCUT2D eigenvalue weighted by Crippen LogP contribution is 2.18. The summed E-state index contributed by atoms with van der Waals surface area (Å²) in [5.41, 5.74) is 1.87. The molecule has 2 N–H and O–H groups in total. The molecule has 154 valence electrons. The van der Waals surface area contributed by atoms with Crippen molar-refractivity contribution in [1.29, 1.82) is 0 Å². The topological polar surface area (TPSA) is 106 Å². The molecule has 0 spiro atoms. The molecule has 3 aromatic rings. The van der Waals surface area contributed by atoms with Crippen molar-refractivity contribution < 1.29 is 9.59 Å². The van der Waals surface area contributed by atoms with E-state index in [1.807, 2.05) is 6.07 Å². The minimum absolute atomic E-state index is 0.0813. The van der Waals surface area contributed by atoms with Gasteiger partial charge in [0.05, 0.1) is 10.9 Å². The number of pyridine rings is 1. The fourth-order valence-corrected chi connectivity index (χ4v) is 3.61. The van der Waals surface area contributed by atoms with Crippen LogP contribution in [0.15, 0.2) is 47.5 Å². The van der Waals surface area contributed by atoms with Crippen LogP contribution in [0.25, 0.3) is 10.9 Å². The van der Waals surface area contributed by atoms with Gasteiger partial charge in [0, 0.05) is 37.6 Å². The Balaban J connectivity index is 1.43. The van der Waals surface area contributed by atoms with Crippen LogP contribution in [-0.4, -0.2) is 26.3 Å². The quantitative estimate of drug-likeness (QED) is 0.633. The molecule has 8 nitrogen and oxygen atoms in total. The number of carbonyl (C=O) groups is 2. The van der Waals surface area contributed by atoms with Crippen LogP contribution in [-0.2, 0) is 29.1 Å². The molecule has 1 aromatic carbocycles. The lowest BCUT2D eigenvalue weighted by Crippen LogP contribution is -2.28. The second-order valence-electron chi connectivity index (χ2n) is 7.39. The van der Waals surface area contributed by atoms with Crippen molar-refractivity contribution in [1.82, 2.24) is 19.9 Å². The molecule has 30 heavy (non-hydrogen) atoms. The smallest absolute Gasteiger partial charge is 0.261 e. The van der Waals surface area contributed by atoms with E-state index in [0.29, 0.717) is 29.7 Å². The average molecular weight is 405 g/mol. The Hall–Kier alpha value is -3.55. The van der Waals surface area contributed by atoms with E-state index < -0.39 is 5.91 Å². The second kappa shape index (κ2) is 8.86. The van der Waals surface area contributed by atoms with Crippen molar-refractivity contribution >= 4 is 28.4 Å². The number of aromatic nitrogens is 3. The Kier molecular flexibility index (Phi) is 5.83. The standard InChI is InChI=1S/C22H23N5O3/c28-20(24-14-15-5-4-9-23-13-15)12-21(29)25-16-7-8-18-17(11-16)22(30)27-10-3-1-2-6-19(27)26-18/h4-5,7-9,11,13H,1-3,6,10,12,14H2,(H,24,28)(H,25,29). The summed E-state index contributed by atoms with van der Waals surface area (Å²) in [6.45, 7) is 0.980. The number of benzene rings is 1. The molecule has 1 aliphatic rings. The van der Waals surface area contributed by atoms with E-state index in [-0.39, 0.29) is 17.9 Å². The Morgan fingerprint density at radius 1 is 1.10 bits per heavy atom. The van der Waals surface area contributed by atoms with E-state index in [0.717, 1.165) is 37.1 Å². The molecular formula is C22H23N5O3. The number of carbonyl (C=O) groups excluding carboxylic acids is 2. The lowest BCUT2D eigenvalue weighted by Gasteiger charge is -2.11. The van der Waals surface area contributed by atoms with E-state index in [4.69, 9.17) is 0 Å². The molecule has 8 heteroatoms. The molecule has 4 rings (SSSR count). The third kappa shape index (κ3) is 4.53. The van der Waals surface area contributed by atoms with E-state index in [1.54, 1.807) is 41.2 Å². The van der Waals surface area contributed by atoms with Gasteiger partial charge in [-0.1, -0.05) is 12.5 Å². The lowest BCUT2D eigenvalue weighted by molar-refractivity contribution is -0.126. The number of hydrogen-bond acceptors (Lipinski definition) is 5. The number of nitrogens with zero attached hydrogens (tertiary/aromatic N) is 3. The summed E-state index contributed by atoms with van der Waals surface area (Å²) in [4.78, 5) is 45.8. The normalized spacial score (nSPS) is 13.3. The number of rotatable bonds is 5. The van der Waals surface area contributed by atoms with Crippen molar-refractivity contribution in [2.24, 2.45) is 0 Å². The van der Waals surface area contributed by atoms with Crippen molar-refractivity contribution in [3.63, 3.8) is 0 Å². The molecule has 0 fully saturated rings. The summed E-state index contributed by atoms with van der Waals surface area (Å²) in [6, 6.07) is 8.70. The monoisotopic (exact) mass is 405 g/mol. The van der Waals surface area contributed by atoms with Crippen LogP contribution < -0.4 is 16.2 Å². The predicted octanol–water partition coefficient (Wildman–Crippen LogP) is 2.16. The minimum atomic E-state index is -0.444. The van der Waals surface area contributed by atoms with Gasteiger partial charge in [0.1, 0.15) is 12.2 Å². The van der Waals surface area contributed by atoms with Gasteiger partial charge in [0.2, 0.25) is 11.8 Å². The van der Waals surface area contributed by atoms with E-state index in [1.165, 1.54) is 0 Å². The molecule has 1 aliphatic heterocycles. The van der Waals surface area contributed by atoms with Crippen LogP contribution in [0.2, 0.25) is 0 Å². The van der Waals surface area contributed by atoms with Gasteiger partial charge >= 0.3 is 0 Å². The average Bonchev–Trinajstić information content (AvgIpc) is 2.99. The number of amides is 2. The molecule has 2 aromatic heterocycles. The Bertz CT molecular complexity index is 1140. The van der Waals surface area contributed by atoms with Crippen molar-refractivity contribution in [3.05, 3.63) is 64.5 Å². The van der Waals surface area contributed by atoms with Gasteiger partial charge in [-0.05, 0) is 42.7 Å². The summed E-state index contributed by atoms with van der Waals surface area (Å²) < 4.78 is 1.74. The lowest BCUT2D eigenvalue weighted by atomic mass is 10.2. The first kappa shape index (κ1) is 19.8. The summed E-state index contributed by atoms with van der Waals surface area (Å²) in [6.07, 6.45) is 6.89. The molecule has 0 bridgehead atoms. The third-order valence-corrected chi connectivity index (χ3v) is 5.13.